The minimum absolute atomic E-state index is 0.192. The Kier molecular flexibility index (Phi) is 4.71. The molecule has 1 amide bonds. The Morgan fingerprint density at radius 3 is 2.52 bits per heavy atom. The zero-order valence-corrected chi connectivity index (χ0v) is 12.3. The second kappa shape index (κ2) is 6.69. The summed E-state index contributed by atoms with van der Waals surface area (Å²) in [5.74, 6) is 0.874. The molecule has 2 aromatic rings. The van der Waals surface area contributed by atoms with E-state index in [0.717, 1.165) is 17.0 Å². The Labute approximate surface area is 123 Å². The summed E-state index contributed by atoms with van der Waals surface area (Å²) in [5.41, 5.74) is 7.80. The fourth-order valence-corrected chi connectivity index (χ4v) is 1.97. The molecule has 21 heavy (non-hydrogen) atoms. The normalized spacial score (nSPS) is 10.0. The van der Waals surface area contributed by atoms with Crippen LogP contribution in [0.4, 0.5) is 5.95 Å². The molecular weight excluding hydrogens is 268 g/mol. The molecule has 0 fully saturated rings. The SMILES string of the molecule is COc1ccccc1CC(=O)NNc1nc(C)cc(C)n1. The van der Waals surface area contributed by atoms with Crippen LogP contribution in [0.3, 0.4) is 0 Å². The lowest BCUT2D eigenvalue weighted by molar-refractivity contribution is -0.120. The summed E-state index contributed by atoms with van der Waals surface area (Å²) in [7, 11) is 1.58. The number of ether oxygens (including phenoxy) is 1. The number of methoxy groups -OCH3 is 1. The molecule has 0 aliphatic heterocycles. The zero-order chi connectivity index (χ0) is 15.2. The van der Waals surface area contributed by atoms with Gasteiger partial charge < -0.3 is 4.74 Å². The number of nitrogens with one attached hydrogen (secondary N) is 2. The van der Waals surface area contributed by atoms with Gasteiger partial charge in [-0.2, -0.15) is 0 Å². The number of aryl methyl sites for hydroxylation is 2. The van der Waals surface area contributed by atoms with E-state index in [0.29, 0.717) is 11.7 Å². The first-order chi connectivity index (χ1) is 10.1. The van der Waals surface area contributed by atoms with Crippen molar-refractivity contribution in [3.63, 3.8) is 0 Å². The summed E-state index contributed by atoms with van der Waals surface area (Å²) in [5, 5.41) is 0. The van der Waals surface area contributed by atoms with Crippen molar-refractivity contribution in [2.24, 2.45) is 0 Å². The predicted molar refractivity (Wildman–Crippen MR) is 80.0 cm³/mol. The molecule has 0 radical (unpaired) electrons. The van der Waals surface area contributed by atoms with E-state index in [1.54, 1.807) is 7.11 Å². The molecule has 0 saturated carbocycles. The standard InChI is InChI=1S/C15H18N4O2/c1-10-8-11(2)17-15(16-10)19-18-14(20)9-12-6-4-5-7-13(12)21-3/h4-8H,9H2,1-3H3,(H,18,20)(H,16,17,19). The third kappa shape index (κ3) is 4.17. The third-order valence-electron chi connectivity index (χ3n) is 2.84. The smallest absolute Gasteiger partial charge is 0.242 e. The van der Waals surface area contributed by atoms with Crippen LogP contribution in [0.1, 0.15) is 17.0 Å². The fourth-order valence-electron chi connectivity index (χ4n) is 1.97. The van der Waals surface area contributed by atoms with Crippen LogP contribution in [0.25, 0.3) is 0 Å². The van der Waals surface area contributed by atoms with Gasteiger partial charge in [-0.05, 0) is 26.0 Å². The van der Waals surface area contributed by atoms with E-state index in [9.17, 15) is 4.79 Å². The molecule has 1 aromatic heterocycles. The molecule has 0 saturated heterocycles. The Morgan fingerprint density at radius 1 is 1.19 bits per heavy atom. The van der Waals surface area contributed by atoms with Crippen LogP contribution in [-0.2, 0) is 11.2 Å². The number of carbonyl (C=O) groups is 1. The van der Waals surface area contributed by atoms with Crippen molar-refractivity contribution in [1.29, 1.82) is 0 Å². The first kappa shape index (κ1) is 14.8. The van der Waals surface area contributed by atoms with Gasteiger partial charge in [0.05, 0.1) is 13.5 Å². The van der Waals surface area contributed by atoms with Crippen molar-refractivity contribution in [3.8, 4) is 5.75 Å². The molecule has 0 unspecified atom stereocenters. The van der Waals surface area contributed by atoms with Gasteiger partial charge in [0.2, 0.25) is 11.9 Å². The van der Waals surface area contributed by atoms with Gasteiger partial charge in [0.25, 0.3) is 0 Å². The average Bonchev–Trinajstić information content (AvgIpc) is 2.45. The molecule has 6 heteroatoms. The summed E-state index contributed by atoms with van der Waals surface area (Å²) < 4.78 is 5.22. The molecule has 110 valence electrons. The number of hydrogen-bond donors (Lipinski definition) is 2. The van der Waals surface area contributed by atoms with Crippen LogP contribution in [0.15, 0.2) is 30.3 Å². The van der Waals surface area contributed by atoms with E-state index in [4.69, 9.17) is 4.74 Å². The topological polar surface area (TPSA) is 76.1 Å². The number of para-hydroxylation sites is 1. The van der Waals surface area contributed by atoms with Gasteiger partial charge in [-0.25, -0.2) is 9.97 Å². The highest BCUT2D eigenvalue weighted by molar-refractivity contribution is 5.80. The molecule has 6 nitrogen and oxygen atoms in total. The molecule has 1 heterocycles. The highest BCUT2D eigenvalue weighted by Gasteiger charge is 2.08. The molecule has 0 spiro atoms. The van der Waals surface area contributed by atoms with Gasteiger partial charge in [0.1, 0.15) is 5.75 Å². The number of benzene rings is 1. The molecule has 2 N–H and O–H groups in total. The second-order valence-electron chi connectivity index (χ2n) is 4.64. The lowest BCUT2D eigenvalue weighted by Crippen LogP contribution is -2.31. The number of nitrogens with zero attached hydrogens (tertiary/aromatic N) is 2. The van der Waals surface area contributed by atoms with Gasteiger partial charge in [-0.1, -0.05) is 18.2 Å². The number of hydrazine groups is 1. The minimum atomic E-state index is -0.192. The molecule has 2 rings (SSSR count). The van der Waals surface area contributed by atoms with Crippen LogP contribution < -0.4 is 15.6 Å². The summed E-state index contributed by atoms with van der Waals surface area (Å²) in [6, 6.07) is 9.27. The minimum Gasteiger partial charge on any atom is -0.496 e. The molecule has 0 aliphatic rings. The van der Waals surface area contributed by atoms with Gasteiger partial charge in [-0.3, -0.25) is 15.6 Å². The molecule has 0 aliphatic carbocycles. The first-order valence-electron chi connectivity index (χ1n) is 6.57. The van der Waals surface area contributed by atoms with Crippen LogP contribution in [0.5, 0.6) is 5.75 Å². The fraction of sp³-hybridized carbons (Fsp3) is 0.267. The van der Waals surface area contributed by atoms with Crippen LogP contribution >= 0.6 is 0 Å². The maximum absolute atomic E-state index is 11.9. The Hall–Kier alpha value is -2.63. The van der Waals surface area contributed by atoms with E-state index in [1.165, 1.54) is 0 Å². The van der Waals surface area contributed by atoms with Crippen LogP contribution in [0.2, 0.25) is 0 Å². The van der Waals surface area contributed by atoms with E-state index in [-0.39, 0.29) is 12.3 Å². The molecule has 0 bridgehead atoms. The van der Waals surface area contributed by atoms with E-state index in [2.05, 4.69) is 20.8 Å². The molecule has 0 atom stereocenters. The van der Waals surface area contributed by atoms with Crippen molar-refractivity contribution in [3.05, 3.63) is 47.3 Å². The monoisotopic (exact) mass is 286 g/mol. The Bertz CT molecular complexity index is 623. The van der Waals surface area contributed by atoms with E-state index >= 15 is 0 Å². The lowest BCUT2D eigenvalue weighted by atomic mass is 10.1. The maximum atomic E-state index is 11.9. The van der Waals surface area contributed by atoms with E-state index in [1.807, 2.05) is 44.2 Å². The van der Waals surface area contributed by atoms with Crippen molar-refractivity contribution < 1.29 is 9.53 Å². The molecule has 1 aromatic carbocycles. The molecular formula is C15H18N4O2. The maximum Gasteiger partial charge on any atom is 0.242 e. The van der Waals surface area contributed by atoms with Crippen molar-refractivity contribution in [2.75, 3.05) is 12.5 Å². The van der Waals surface area contributed by atoms with E-state index < -0.39 is 0 Å². The number of amides is 1. The largest absolute Gasteiger partial charge is 0.496 e. The van der Waals surface area contributed by atoms with Gasteiger partial charge in [0, 0.05) is 17.0 Å². The number of aromatic nitrogens is 2. The Morgan fingerprint density at radius 2 is 1.86 bits per heavy atom. The predicted octanol–water partition coefficient (Wildman–Crippen LogP) is 1.79. The van der Waals surface area contributed by atoms with Gasteiger partial charge in [0.15, 0.2) is 0 Å². The van der Waals surface area contributed by atoms with Crippen molar-refractivity contribution in [2.45, 2.75) is 20.3 Å². The quantitative estimate of drug-likeness (QED) is 0.819. The average molecular weight is 286 g/mol. The highest BCUT2D eigenvalue weighted by Crippen LogP contribution is 2.17. The zero-order valence-electron chi connectivity index (χ0n) is 12.3. The summed E-state index contributed by atoms with van der Waals surface area (Å²) in [4.78, 5) is 20.3. The highest BCUT2D eigenvalue weighted by atomic mass is 16.5. The summed E-state index contributed by atoms with van der Waals surface area (Å²) >= 11 is 0. The van der Waals surface area contributed by atoms with Crippen molar-refractivity contribution >= 4 is 11.9 Å². The lowest BCUT2D eigenvalue weighted by Gasteiger charge is -2.10. The number of carbonyl (C=O) groups excluding carboxylic acids is 1. The van der Waals surface area contributed by atoms with Crippen molar-refractivity contribution in [1.82, 2.24) is 15.4 Å². The number of anilines is 1. The van der Waals surface area contributed by atoms with Gasteiger partial charge in [-0.15, -0.1) is 0 Å². The van der Waals surface area contributed by atoms with Crippen LogP contribution in [0, 0.1) is 13.8 Å². The van der Waals surface area contributed by atoms with Gasteiger partial charge >= 0.3 is 0 Å². The summed E-state index contributed by atoms with van der Waals surface area (Å²) in [6.45, 7) is 3.74. The first-order valence-corrected chi connectivity index (χ1v) is 6.57. The number of hydrogen-bond acceptors (Lipinski definition) is 5. The second-order valence-corrected chi connectivity index (χ2v) is 4.64. The third-order valence-corrected chi connectivity index (χ3v) is 2.84. The number of rotatable bonds is 5. The Balaban J connectivity index is 1.96. The van der Waals surface area contributed by atoms with Crippen LogP contribution in [-0.4, -0.2) is 23.0 Å². The summed E-state index contributed by atoms with van der Waals surface area (Å²) in [6.07, 6.45) is 0.210.